The molecule has 7 nitrogen and oxygen atoms in total. The Morgan fingerprint density at radius 1 is 1.38 bits per heavy atom. The number of primary amides is 1. The summed E-state index contributed by atoms with van der Waals surface area (Å²) in [6, 6.07) is 1.99. The molecule has 1 aromatic heterocycles. The Morgan fingerprint density at radius 3 is 2.62 bits per heavy atom. The van der Waals surface area contributed by atoms with E-state index in [0.717, 1.165) is 81.6 Å². The quantitative estimate of drug-likeness (QED) is 0.219. The van der Waals surface area contributed by atoms with Gasteiger partial charge in [0.05, 0.1) is 11.6 Å². The molecule has 1 aliphatic heterocycles. The number of rotatable bonds is 9. The fourth-order valence-electron chi connectivity index (χ4n) is 3.58. The van der Waals surface area contributed by atoms with Crippen LogP contribution in [0.4, 0.5) is 0 Å². The maximum atomic E-state index is 11.2. The van der Waals surface area contributed by atoms with Gasteiger partial charge in [-0.05, 0) is 58.3 Å². The zero-order chi connectivity index (χ0) is 20.5. The minimum Gasteiger partial charge on any atom is -0.369 e. The third-order valence-corrected chi connectivity index (χ3v) is 5.51. The number of carbonyl (C=O) groups is 1. The first-order chi connectivity index (χ1) is 13.4. The lowest BCUT2D eigenvalue weighted by Crippen LogP contribution is -2.39. The lowest BCUT2D eigenvalue weighted by atomic mass is 9.96. The number of guanidine groups is 1. The van der Waals surface area contributed by atoms with E-state index < -0.39 is 0 Å². The summed E-state index contributed by atoms with van der Waals surface area (Å²) in [4.78, 5) is 20.6. The van der Waals surface area contributed by atoms with Crippen molar-refractivity contribution in [3.63, 3.8) is 0 Å². The molecule has 0 bridgehead atoms. The molecule has 0 radical (unpaired) electrons. The van der Waals surface area contributed by atoms with E-state index in [9.17, 15) is 4.79 Å². The van der Waals surface area contributed by atoms with E-state index in [2.05, 4.69) is 22.0 Å². The normalized spacial score (nSPS) is 15.8. The minimum absolute atomic E-state index is 0. The number of unbranched alkanes of at least 4 members (excludes halogenated alkanes) is 1. The molecule has 2 rings (SSSR count). The standard InChI is InChI=1S/C20H35ClN6O.HI/c1-4-23-20(26(3)15-18-13-17(21)14-25(18)2)24-9-5-6-10-27-11-7-16(8-12-27)19(22)28;/h13-14,16H,4-12,15H2,1-3H3,(H2,22,28)(H,23,24);1H. The van der Waals surface area contributed by atoms with Gasteiger partial charge in [0, 0.05) is 45.0 Å². The second-order valence-corrected chi connectivity index (χ2v) is 8.01. The molecule has 2 heterocycles. The summed E-state index contributed by atoms with van der Waals surface area (Å²) < 4.78 is 2.05. The van der Waals surface area contributed by atoms with Crippen LogP contribution >= 0.6 is 35.6 Å². The van der Waals surface area contributed by atoms with Crippen LogP contribution < -0.4 is 11.1 Å². The molecule has 0 spiro atoms. The molecule has 166 valence electrons. The van der Waals surface area contributed by atoms with Crippen molar-refractivity contribution in [2.45, 2.75) is 39.2 Å². The SMILES string of the molecule is CCNC(=NCCCCN1CCC(C(N)=O)CC1)N(C)Cc1cc(Cl)cn1C.I. The fourth-order valence-corrected chi connectivity index (χ4v) is 3.86. The van der Waals surface area contributed by atoms with Crippen LogP contribution in [0.2, 0.25) is 5.02 Å². The summed E-state index contributed by atoms with van der Waals surface area (Å²) in [5, 5.41) is 4.12. The summed E-state index contributed by atoms with van der Waals surface area (Å²) in [6.45, 7) is 7.49. The van der Waals surface area contributed by atoms with Gasteiger partial charge < -0.3 is 25.4 Å². The molecule has 1 amide bonds. The van der Waals surface area contributed by atoms with Crippen molar-refractivity contribution >= 4 is 47.4 Å². The minimum atomic E-state index is -0.147. The highest BCUT2D eigenvalue weighted by atomic mass is 127. The summed E-state index contributed by atoms with van der Waals surface area (Å²) in [7, 11) is 4.05. The van der Waals surface area contributed by atoms with Crippen molar-refractivity contribution in [3.8, 4) is 0 Å². The summed E-state index contributed by atoms with van der Waals surface area (Å²) in [6.07, 6.45) is 5.87. The zero-order valence-corrected chi connectivity index (χ0v) is 21.0. The highest BCUT2D eigenvalue weighted by molar-refractivity contribution is 14.0. The van der Waals surface area contributed by atoms with E-state index in [1.165, 1.54) is 0 Å². The molecule has 0 atom stereocenters. The predicted octanol–water partition coefficient (Wildman–Crippen LogP) is 2.67. The first-order valence-corrected chi connectivity index (χ1v) is 10.6. The maximum absolute atomic E-state index is 11.2. The highest BCUT2D eigenvalue weighted by Gasteiger charge is 2.22. The van der Waals surface area contributed by atoms with Crippen LogP contribution in [-0.2, 0) is 18.4 Å². The van der Waals surface area contributed by atoms with E-state index in [0.29, 0.717) is 0 Å². The number of hydrogen-bond acceptors (Lipinski definition) is 3. The Morgan fingerprint density at radius 2 is 2.07 bits per heavy atom. The zero-order valence-electron chi connectivity index (χ0n) is 17.9. The van der Waals surface area contributed by atoms with Crippen molar-refractivity contribution in [2.24, 2.45) is 23.7 Å². The van der Waals surface area contributed by atoms with Crippen molar-refractivity contribution in [2.75, 3.05) is 39.8 Å². The molecule has 1 fully saturated rings. The van der Waals surface area contributed by atoms with Crippen LogP contribution in [0.1, 0.15) is 38.3 Å². The van der Waals surface area contributed by atoms with Crippen LogP contribution in [0, 0.1) is 5.92 Å². The Bertz CT molecular complexity index is 657. The highest BCUT2D eigenvalue weighted by Crippen LogP contribution is 2.17. The topological polar surface area (TPSA) is 78.9 Å². The van der Waals surface area contributed by atoms with Crippen LogP contribution in [0.5, 0.6) is 0 Å². The third-order valence-electron chi connectivity index (χ3n) is 5.30. The van der Waals surface area contributed by atoms with Crippen LogP contribution in [-0.4, -0.2) is 66.0 Å². The van der Waals surface area contributed by atoms with Gasteiger partial charge in [-0.3, -0.25) is 9.79 Å². The number of aryl methyl sites for hydroxylation is 1. The van der Waals surface area contributed by atoms with Gasteiger partial charge in [0.1, 0.15) is 0 Å². The second-order valence-electron chi connectivity index (χ2n) is 7.58. The molecule has 1 aromatic rings. The molecule has 29 heavy (non-hydrogen) atoms. The van der Waals surface area contributed by atoms with Crippen LogP contribution in [0.25, 0.3) is 0 Å². The van der Waals surface area contributed by atoms with Gasteiger partial charge in [-0.25, -0.2) is 0 Å². The van der Waals surface area contributed by atoms with E-state index in [1.807, 2.05) is 30.9 Å². The summed E-state index contributed by atoms with van der Waals surface area (Å²) in [5.41, 5.74) is 6.55. The van der Waals surface area contributed by atoms with E-state index in [-0.39, 0.29) is 35.8 Å². The van der Waals surface area contributed by atoms with E-state index >= 15 is 0 Å². The molecule has 9 heteroatoms. The van der Waals surface area contributed by atoms with E-state index in [1.54, 1.807) is 0 Å². The average Bonchev–Trinajstić information content (AvgIpc) is 2.97. The number of amides is 1. The monoisotopic (exact) mass is 538 g/mol. The van der Waals surface area contributed by atoms with Crippen LogP contribution in [0.3, 0.4) is 0 Å². The molecule has 0 unspecified atom stereocenters. The molecule has 0 saturated carbocycles. The number of halogens is 2. The maximum Gasteiger partial charge on any atom is 0.220 e. The smallest absolute Gasteiger partial charge is 0.220 e. The van der Waals surface area contributed by atoms with Gasteiger partial charge in [-0.2, -0.15) is 0 Å². The van der Waals surface area contributed by atoms with E-state index in [4.69, 9.17) is 22.3 Å². The van der Waals surface area contributed by atoms with Crippen LogP contribution in [0.15, 0.2) is 17.3 Å². The van der Waals surface area contributed by atoms with Crippen molar-refractivity contribution in [1.82, 2.24) is 19.7 Å². The first-order valence-electron chi connectivity index (χ1n) is 10.2. The van der Waals surface area contributed by atoms with Gasteiger partial charge >= 0.3 is 0 Å². The number of likely N-dealkylation sites (tertiary alicyclic amines) is 1. The number of nitrogens with one attached hydrogen (secondary N) is 1. The predicted molar refractivity (Wildman–Crippen MR) is 131 cm³/mol. The Balaban J connectivity index is 0.00000420. The summed E-state index contributed by atoms with van der Waals surface area (Å²) >= 11 is 6.08. The van der Waals surface area contributed by atoms with Gasteiger partial charge in [-0.15, -0.1) is 24.0 Å². The van der Waals surface area contributed by atoms with Gasteiger partial charge in [0.2, 0.25) is 5.91 Å². The lowest BCUT2D eigenvalue weighted by Gasteiger charge is -2.30. The number of nitrogens with two attached hydrogens (primary N) is 1. The molecule has 1 saturated heterocycles. The lowest BCUT2D eigenvalue weighted by molar-refractivity contribution is -0.123. The molecular formula is C20H36ClIN6O. The van der Waals surface area contributed by atoms with Gasteiger partial charge in [0.25, 0.3) is 0 Å². The Labute approximate surface area is 197 Å². The number of aromatic nitrogens is 1. The largest absolute Gasteiger partial charge is 0.369 e. The number of aliphatic imine (C=N–C) groups is 1. The molecule has 0 aromatic carbocycles. The number of hydrogen-bond donors (Lipinski definition) is 2. The summed E-state index contributed by atoms with van der Waals surface area (Å²) in [5.74, 6) is 0.840. The second kappa shape index (κ2) is 13.3. The molecular weight excluding hydrogens is 503 g/mol. The fraction of sp³-hybridized carbons (Fsp3) is 0.700. The van der Waals surface area contributed by atoms with Gasteiger partial charge in [0.15, 0.2) is 5.96 Å². The molecule has 1 aliphatic rings. The number of nitrogens with zero attached hydrogens (tertiary/aromatic N) is 4. The van der Waals surface area contributed by atoms with Crippen molar-refractivity contribution in [3.05, 3.63) is 23.0 Å². The average molecular weight is 539 g/mol. The first kappa shape index (κ1) is 26.0. The Hall–Kier alpha value is -1.000. The van der Waals surface area contributed by atoms with Crippen molar-refractivity contribution in [1.29, 1.82) is 0 Å². The molecule has 3 N–H and O–H groups in total. The third kappa shape index (κ3) is 8.72. The van der Waals surface area contributed by atoms with Crippen molar-refractivity contribution < 1.29 is 4.79 Å². The number of carbonyl (C=O) groups excluding carboxylic acids is 1. The molecule has 0 aliphatic carbocycles. The Kier molecular flexibility index (Phi) is 12.0. The van der Waals surface area contributed by atoms with Gasteiger partial charge in [-0.1, -0.05) is 11.6 Å². The number of piperidine rings is 1.